The second-order valence-corrected chi connectivity index (χ2v) is 10.1. The number of hydrogen-bond acceptors (Lipinski definition) is 6. The molecule has 11 heteroatoms. The van der Waals surface area contributed by atoms with Gasteiger partial charge in [-0.1, -0.05) is 23.7 Å². The number of ether oxygens (including phenoxy) is 1. The molecule has 0 aromatic heterocycles. The van der Waals surface area contributed by atoms with Crippen LogP contribution in [0.4, 0.5) is 5.69 Å². The zero-order valence-corrected chi connectivity index (χ0v) is 16.4. The van der Waals surface area contributed by atoms with E-state index < -0.39 is 36.8 Å². The van der Waals surface area contributed by atoms with Crippen molar-refractivity contribution in [2.45, 2.75) is 15.9 Å². The molecule has 3 rings (SSSR count). The highest BCUT2D eigenvalue weighted by Crippen LogP contribution is 2.38. The van der Waals surface area contributed by atoms with Crippen molar-refractivity contribution in [1.82, 2.24) is 0 Å². The van der Waals surface area contributed by atoms with Gasteiger partial charge in [0.2, 0.25) is 0 Å². The SMILES string of the molecule is CS(=O)(=O)c1ccc(Cl)c(S(=O)(=O)N2C[C@H](C(N)=O)Oc3ccccc32)c1. The van der Waals surface area contributed by atoms with Crippen LogP contribution in [0, 0.1) is 0 Å². The molecular formula is C16H15ClN2O6S2. The number of rotatable bonds is 4. The first-order valence-electron chi connectivity index (χ1n) is 7.59. The summed E-state index contributed by atoms with van der Waals surface area (Å²) in [7, 11) is -7.96. The van der Waals surface area contributed by atoms with E-state index in [1.54, 1.807) is 12.1 Å². The quantitative estimate of drug-likeness (QED) is 0.776. The molecule has 0 fully saturated rings. The minimum Gasteiger partial charge on any atom is -0.476 e. The first-order valence-corrected chi connectivity index (χ1v) is 11.3. The lowest BCUT2D eigenvalue weighted by Gasteiger charge is -2.34. The van der Waals surface area contributed by atoms with Crippen LogP contribution in [0.3, 0.4) is 0 Å². The molecule has 1 heterocycles. The Bertz CT molecular complexity index is 1130. The maximum absolute atomic E-state index is 13.3. The van der Waals surface area contributed by atoms with E-state index >= 15 is 0 Å². The van der Waals surface area contributed by atoms with Gasteiger partial charge in [-0.25, -0.2) is 16.8 Å². The predicted octanol–water partition coefficient (Wildman–Crippen LogP) is 1.19. The fourth-order valence-corrected chi connectivity index (χ4v) is 5.31. The maximum atomic E-state index is 13.3. The highest BCUT2D eigenvalue weighted by atomic mass is 35.5. The summed E-state index contributed by atoms with van der Waals surface area (Å²) in [5.41, 5.74) is 5.48. The molecule has 0 radical (unpaired) electrons. The van der Waals surface area contributed by atoms with Gasteiger partial charge in [-0.2, -0.15) is 0 Å². The molecule has 1 atom stereocenters. The van der Waals surface area contributed by atoms with Crippen LogP contribution in [0.15, 0.2) is 52.3 Å². The number of carbonyl (C=O) groups excluding carboxylic acids is 1. The summed E-state index contributed by atoms with van der Waals surface area (Å²) in [5.74, 6) is -0.674. The lowest BCUT2D eigenvalue weighted by molar-refractivity contribution is -0.124. The molecule has 2 aromatic rings. The van der Waals surface area contributed by atoms with Gasteiger partial charge in [0.25, 0.3) is 15.9 Å². The Balaban J connectivity index is 2.19. The number of halogens is 1. The molecular weight excluding hydrogens is 416 g/mol. The van der Waals surface area contributed by atoms with Gasteiger partial charge in [-0.05, 0) is 30.3 Å². The average Bonchev–Trinajstić information content (AvgIpc) is 2.59. The molecule has 1 amide bonds. The lowest BCUT2D eigenvalue weighted by atomic mass is 10.2. The molecule has 2 aromatic carbocycles. The fourth-order valence-electron chi connectivity index (χ4n) is 2.61. The minimum atomic E-state index is -4.31. The van der Waals surface area contributed by atoms with Crippen LogP contribution in [0.2, 0.25) is 5.02 Å². The van der Waals surface area contributed by atoms with Gasteiger partial charge in [0.15, 0.2) is 15.9 Å². The monoisotopic (exact) mass is 430 g/mol. The number of hydrogen-bond donors (Lipinski definition) is 1. The fraction of sp³-hybridized carbons (Fsp3) is 0.188. The molecule has 8 nitrogen and oxygen atoms in total. The molecule has 144 valence electrons. The third-order valence-corrected chi connectivity index (χ3v) is 7.32. The van der Waals surface area contributed by atoms with Crippen LogP contribution in [0.25, 0.3) is 0 Å². The second-order valence-electron chi connectivity index (χ2n) is 5.88. The Morgan fingerprint density at radius 2 is 1.85 bits per heavy atom. The highest BCUT2D eigenvalue weighted by molar-refractivity contribution is 7.93. The summed E-state index contributed by atoms with van der Waals surface area (Å²) in [6.07, 6.45) is -0.244. The summed E-state index contributed by atoms with van der Waals surface area (Å²) in [6.45, 7) is -0.367. The highest BCUT2D eigenvalue weighted by Gasteiger charge is 2.37. The number of sulfonamides is 1. The van der Waals surface area contributed by atoms with Crippen LogP contribution in [-0.4, -0.2) is 41.6 Å². The molecule has 0 saturated heterocycles. The van der Waals surface area contributed by atoms with Crippen LogP contribution in [-0.2, 0) is 24.7 Å². The van der Waals surface area contributed by atoms with Gasteiger partial charge in [-0.3, -0.25) is 9.10 Å². The Morgan fingerprint density at radius 1 is 1.19 bits per heavy atom. The first kappa shape index (κ1) is 19.5. The summed E-state index contributed by atoms with van der Waals surface area (Å²) >= 11 is 6.05. The van der Waals surface area contributed by atoms with Crippen LogP contribution in [0.5, 0.6) is 5.75 Å². The number of primary amides is 1. The molecule has 0 unspecified atom stereocenters. The molecule has 2 N–H and O–H groups in total. The van der Waals surface area contributed by atoms with E-state index in [0.717, 1.165) is 16.6 Å². The van der Waals surface area contributed by atoms with Gasteiger partial charge in [0, 0.05) is 6.26 Å². The zero-order chi connectivity index (χ0) is 20.0. The number of para-hydroxylation sites is 2. The number of nitrogens with zero attached hydrogens (tertiary/aromatic N) is 1. The van der Waals surface area contributed by atoms with E-state index in [9.17, 15) is 21.6 Å². The van der Waals surface area contributed by atoms with Crippen molar-refractivity contribution in [1.29, 1.82) is 0 Å². The summed E-state index contributed by atoms with van der Waals surface area (Å²) in [5, 5.41) is -0.151. The number of amides is 1. The van der Waals surface area contributed by atoms with E-state index in [-0.39, 0.29) is 27.9 Å². The Kier molecular flexibility index (Phi) is 4.83. The van der Waals surface area contributed by atoms with Crippen molar-refractivity contribution >= 4 is 43.1 Å². The van der Waals surface area contributed by atoms with Gasteiger partial charge in [0.05, 0.1) is 22.2 Å². The zero-order valence-electron chi connectivity index (χ0n) is 14.0. The summed E-state index contributed by atoms with van der Waals surface area (Å²) in [4.78, 5) is 11.0. The lowest BCUT2D eigenvalue weighted by Crippen LogP contribution is -2.49. The van der Waals surface area contributed by atoms with E-state index in [4.69, 9.17) is 22.1 Å². The second kappa shape index (κ2) is 6.70. The molecule has 0 spiro atoms. The van der Waals surface area contributed by atoms with E-state index in [0.29, 0.717) is 0 Å². The topological polar surface area (TPSA) is 124 Å². The number of carbonyl (C=O) groups is 1. The largest absolute Gasteiger partial charge is 0.476 e. The maximum Gasteiger partial charge on any atom is 0.266 e. The molecule has 1 aliphatic heterocycles. The van der Waals surface area contributed by atoms with E-state index in [2.05, 4.69) is 0 Å². The Morgan fingerprint density at radius 3 is 2.48 bits per heavy atom. The third-order valence-electron chi connectivity index (χ3n) is 3.95. The Labute approximate surface area is 161 Å². The van der Waals surface area contributed by atoms with Crippen molar-refractivity contribution in [3.63, 3.8) is 0 Å². The van der Waals surface area contributed by atoms with Crippen molar-refractivity contribution in [2.75, 3.05) is 17.1 Å². The van der Waals surface area contributed by atoms with Crippen LogP contribution in [0.1, 0.15) is 0 Å². The number of nitrogens with two attached hydrogens (primary N) is 1. The molecule has 1 aliphatic rings. The molecule has 0 saturated carbocycles. The number of fused-ring (bicyclic) bond motifs is 1. The van der Waals surface area contributed by atoms with Gasteiger partial charge >= 0.3 is 0 Å². The standard InChI is InChI=1S/C16H15ClN2O6S2/c1-26(21,22)10-6-7-11(17)15(8-10)27(23,24)19-9-14(16(18)20)25-13-5-3-2-4-12(13)19/h2-8,14H,9H2,1H3,(H2,18,20)/t14-/m1/s1. The summed E-state index contributed by atoms with van der Waals surface area (Å²) < 4.78 is 56.5. The minimum absolute atomic E-state index is 0.151. The van der Waals surface area contributed by atoms with Crippen LogP contribution < -0.4 is 14.8 Å². The smallest absolute Gasteiger partial charge is 0.266 e. The summed E-state index contributed by atoms with van der Waals surface area (Å²) in [6, 6.07) is 9.62. The van der Waals surface area contributed by atoms with Gasteiger partial charge < -0.3 is 10.5 Å². The first-order chi connectivity index (χ1) is 12.5. The van der Waals surface area contributed by atoms with E-state index in [1.807, 2.05) is 0 Å². The predicted molar refractivity (Wildman–Crippen MR) is 99.1 cm³/mol. The number of sulfone groups is 1. The van der Waals surface area contributed by atoms with E-state index in [1.165, 1.54) is 24.3 Å². The normalized spacial score (nSPS) is 17.1. The van der Waals surface area contributed by atoms with Crippen LogP contribution >= 0.6 is 11.6 Å². The molecule has 0 bridgehead atoms. The van der Waals surface area contributed by atoms with Crippen molar-refractivity contribution in [2.24, 2.45) is 5.73 Å². The van der Waals surface area contributed by atoms with Crippen molar-refractivity contribution in [3.8, 4) is 5.75 Å². The third kappa shape index (κ3) is 3.60. The van der Waals surface area contributed by atoms with Crippen molar-refractivity contribution < 1.29 is 26.4 Å². The van der Waals surface area contributed by atoms with Crippen molar-refractivity contribution in [3.05, 3.63) is 47.5 Å². The van der Waals surface area contributed by atoms with Gasteiger partial charge in [-0.15, -0.1) is 0 Å². The number of anilines is 1. The van der Waals surface area contributed by atoms with Gasteiger partial charge in [0.1, 0.15) is 10.6 Å². The molecule has 27 heavy (non-hydrogen) atoms. The Hall–Kier alpha value is -2.30. The average molecular weight is 431 g/mol. The number of benzene rings is 2. The molecule has 0 aliphatic carbocycles.